The highest BCUT2D eigenvalue weighted by Gasteiger charge is 2.05. The van der Waals surface area contributed by atoms with Crippen molar-refractivity contribution in [3.05, 3.63) is 42.5 Å². The number of rotatable bonds is 3. The van der Waals surface area contributed by atoms with Gasteiger partial charge >= 0.3 is 0 Å². The number of anilines is 1. The van der Waals surface area contributed by atoms with Gasteiger partial charge in [-0.15, -0.1) is 11.3 Å². The SMILES string of the molecule is O=c1[nH]cnc(NCc2cc(Br)cs2)c1Cl. The van der Waals surface area contributed by atoms with Crippen molar-refractivity contribution in [3.8, 4) is 0 Å². The van der Waals surface area contributed by atoms with Gasteiger partial charge in [0.1, 0.15) is 5.02 Å². The van der Waals surface area contributed by atoms with Crippen LogP contribution in [0.1, 0.15) is 4.88 Å². The minimum absolute atomic E-state index is 0.0816. The zero-order valence-electron chi connectivity index (χ0n) is 7.96. The van der Waals surface area contributed by atoms with E-state index < -0.39 is 0 Å². The van der Waals surface area contributed by atoms with Gasteiger partial charge in [-0.2, -0.15) is 0 Å². The van der Waals surface area contributed by atoms with Crippen molar-refractivity contribution < 1.29 is 0 Å². The molecule has 0 spiro atoms. The summed E-state index contributed by atoms with van der Waals surface area (Å²) in [5, 5.41) is 5.08. The van der Waals surface area contributed by atoms with Crippen LogP contribution in [0.3, 0.4) is 0 Å². The molecule has 84 valence electrons. The monoisotopic (exact) mass is 319 g/mol. The molecular formula is C9H7BrClN3OS. The summed E-state index contributed by atoms with van der Waals surface area (Å²) in [6, 6.07) is 2.00. The molecule has 0 unspecified atom stereocenters. The van der Waals surface area contributed by atoms with Crippen molar-refractivity contribution in [2.75, 3.05) is 5.32 Å². The predicted octanol–water partition coefficient (Wildman–Crippen LogP) is 2.86. The van der Waals surface area contributed by atoms with Crippen LogP contribution in [0.2, 0.25) is 5.02 Å². The van der Waals surface area contributed by atoms with Gasteiger partial charge in [0.05, 0.1) is 12.9 Å². The van der Waals surface area contributed by atoms with E-state index in [-0.39, 0.29) is 10.6 Å². The lowest BCUT2D eigenvalue weighted by molar-refractivity contribution is 1.07. The van der Waals surface area contributed by atoms with E-state index in [1.807, 2.05) is 11.4 Å². The zero-order chi connectivity index (χ0) is 11.5. The van der Waals surface area contributed by atoms with Crippen molar-refractivity contribution in [1.82, 2.24) is 9.97 Å². The molecule has 0 atom stereocenters. The van der Waals surface area contributed by atoms with E-state index in [9.17, 15) is 4.79 Å². The van der Waals surface area contributed by atoms with Crippen LogP contribution < -0.4 is 10.9 Å². The lowest BCUT2D eigenvalue weighted by Gasteiger charge is -2.04. The fourth-order valence-electron chi connectivity index (χ4n) is 1.12. The Hall–Kier alpha value is -0.850. The highest BCUT2D eigenvalue weighted by molar-refractivity contribution is 9.10. The normalized spacial score (nSPS) is 10.4. The fourth-order valence-corrected chi connectivity index (χ4v) is 2.68. The second-order valence-corrected chi connectivity index (χ2v) is 5.27. The van der Waals surface area contributed by atoms with Gasteiger partial charge in [0.15, 0.2) is 5.82 Å². The van der Waals surface area contributed by atoms with Crippen LogP contribution >= 0.6 is 38.9 Å². The Labute approximate surface area is 109 Å². The molecule has 0 amide bonds. The van der Waals surface area contributed by atoms with Gasteiger partial charge in [-0.25, -0.2) is 4.98 Å². The van der Waals surface area contributed by atoms with E-state index in [0.29, 0.717) is 12.4 Å². The number of H-pyrrole nitrogens is 1. The summed E-state index contributed by atoms with van der Waals surface area (Å²) >= 11 is 10.8. The van der Waals surface area contributed by atoms with Gasteiger partial charge in [-0.3, -0.25) is 4.79 Å². The largest absolute Gasteiger partial charge is 0.364 e. The number of halogens is 2. The first kappa shape index (κ1) is 11.6. The lowest BCUT2D eigenvalue weighted by Crippen LogP contribution is -2.11. The molecule has 0 radical (unpaired) electrons. The quantitative estimate of drug-likeness (QED) is 0.914. The highest BCUT2D eigenvalue weighted by Crippen LogP contribution is 2.21. The van der Waals surface area contributed by atoms with E-state index in [0.717, 1.165) is 9.35 Å². The van der Waals surface area contributed by atoms with E-state index in [2.05, 4.69) is 31.2 Å². The van der Waals surface area contributed by atoms with Gasteiger partial charge < -0.3 is 10.3 Å². The molecule has 0 aromatic carbocycles. The van der Waals surface area contributed by atoms with Crippen molar-refractivity contribution in [2.24, 2.45) is 0 Å². The second kappa shape index (κ2) is 4.99. The Morgan fingerprint density at radius 1 is 1.62 bits per heavy atom. The summed E-state index contributed by atoms with van der Waals surface area (Å²) in [5.41, 5.74) is -0.341. The van der Waals surface area contributed by atoms with E-state index in [4.69, 9.17) is 11.6 Å². The minimum atomic E-state index is -0.341. The molecule has 0 saturated carbocycles. The molecule has 0 aliphatic rings. The number of aromatic nitrogens is 2. The Morgan fingerprint density at radius 2 is 2.44 bits per heavy atom. The molecule has 2 rings (SSSR count). The van der Waals surface area contributed by atoms with Crippen LogP contribution in [0, 0.1) is 0 Å². The fraction of sp³-hybridized carbons (Fsp3) is 0.111. The number of hydrogen-bond acceptors (Lipinski definition) is 4. The summed E-state index contributed by atoms with van der Waals surface area (Å²) in [7, 11) is 0. The molecule has 2 aromatic heterocycles. The summed E-state index contributed by atoms with van der Waals surface area (Å²) in [4.78, 5) is 18.7. The maximum Gasteiger partial charge on any atom is 0.271 e. The third kappa shape index (κ3) is 2.63. The Bertz CT molecular complexity index is 554. The van der Waals surface area contributed by atoms with Crippen LogP contribution in [-0.4, -0.2) is 9.97 Å². The first-order valence-electron chi connectivity index (χ1n) is 4.37. The number of thiophene rings is 1. The molecule has 7 heteroatoms. The average Bonchev–Trinajstić information content (AvgIpc) is 2.67. The maximum atomic E-state index is 11.2. The van der Waals surface area contributed by atoms with Crippen molar-refractivity contribution >= 4 is 44.7 Å². The molecule has 2 aromatic rings. The smallest absolute Gasteiger partial charge is 0.271 e. The van der Waals surface area contributed by atoms with E-state index in [1.54, 1.807) is 11.3 Å². The zero-order valence-corrected chi connectivity index (χ0v) is 11.1. The molecule has 0 aliphatic carbocycles. The summed E-state index contributed by atoms with van der Waals surface area (Å²) in [6.07, 6.45) is 1.32. The lowest BCUT2D eigenvalue weighted by atomic mass is 10.4. The number of hydrogen-bond donors (Lipinski definition) is 2. The summed E-state index contributed by atoms with van der Waals surface area (Å²) < 4.78 is 1.04. The molecule has 0 fully saturated rings. The van der Waals surface area contributed by atoms with Crippen molar-refractivity contribution in [1.29, 1.82) is 0 Å². The predicted molar refractivity (Wildman–Crippen MR) is 69.2 cm³/mol. The molecule has 0 aliphatic heterocycles. The number of nitrogens with zero attached hydrogens (tertiary/aromatic N) is 1. The molecule has 2 heterocycles. The standard InChI is InChI=1S/C9H7BrClN3OS/c10-5-1-6(16-3-5)2-12-8-7(11)9(15)14-4-13-8/h1,3-4H,2H2,(H2,12,13,14,15). The summed E-state index contributed by atoms with van der Waals surface area (Å²) in [5.74, 6) is 0.398. The van der Waals surface area contributed by atoms with Gasteiger partial charge in [0.2, 0.25) is 0 Å². The van der Waals surface area contributed by atoms with Crippen molar-refractivity contribution in [3.63, 3.8) is 0 Å². The van der Waals surface area contributed by atoms with Crippen LogP contribution in [0.4, 0.5) is 5.82 Å². The first-order valence-corrected chi connectivity index (χ1v) is 6.42. The van der Waals surface area contributed by atoms with Crippen molar-refractivity contribution in [2.45, 2.75) is 6.54 Å². The third-order valence-corrected chi connectivity index (χ3v) is 3.90. The number of aromatic amines is 1. The van der Waals surface area contributed by atoms with Gasteiger partial charge in [-0.05, 0) is 22.0 Å². The van der Waals surface area contributed by atoms with Crippen LogP contribution in [-0.2, 0) is 6.54 Å². The Kier molecular flexibility index (Phi) is 3.63. The molecule has 0 bridgehead atoms. The first-order chi connectivity index (χ1) is 7.66. The molecule has 4 nitrogen and oxygen atoms in total. The summed E-state index contributed by atoms with van der Waals surface area (Å²) in [6.45, 7) is 0.590. The topological polar surface area (TPSA) is 57.8 Å². The Balaban J connectivity index is 2.10. The highest BCUT2D eigenvalue weighted by atomic mass is 79.9. The molecule has 16 heavy (non-hydrogen) atoms. The van der Waals surface area contributed by atoms with Gasteiger partial charge in [0.25, 0.3) is 5.56 Å². The van der Waals surface area contributed by atoms with Crippen LogP contribution in [0.15, 0.2) is 27.0 Å². The average molecular weight is 321 g/mol. The molecule has 2 N–H and O–H groups in total. The Morgan fingerprint density at radius 3 is 3.12 bits per heavy atom. The van der Waals surface area contributed by atoms with Crippen LogP contribution in [0.5, 0.6) is 0 Å². The second-order valence-electron chi connectivity index (χ2n) is 2.98. The molecular weight excluding hydrogens is 314 g/mol. The maximum absolute atomic E-state index is 11.2. The number of nitrogens with one attached hydrogen (secondary N) is 2. The van der Waals surface area contributed by atoms with Gasteiger partial charge in [-0.1, -0.05) is 11.6 Å². The third-order valence-electron chi connectivity index (χ3n) is 1.85. The van der Waals surface area contributed by atoms with Gasteiger partial charge in [0, 0.05) is 14.7 Å². The molecule has 0 saturated heterocycles. The van der Waals surface area contributed by atoms with E-state index >= 15 is 0 Å². The minimum Gasteiger partial charge on any atom is -0.364 e. The van der Waals surface area contributed by atoms with E-state index in [1.165, 1.54) is 6.33 Å². The van der Waals surface area contributed by atoms with Crippen LogP contribution in [0.25, 0.3) is 0 Å².